The minimum absolute atomic E-state index is 0.0362. The van der Waals surface area contributed by atoms with Crippen molar-refractivity contribution in [3.05, 3.63) is 58.2 Å². The molecule has 2 atom stereocenters. The number of piperidine rings is 1. The normalized spacial score (nSPS) is 23.8. The van der Waals surface area contributed by atoms with Crippen LogP contribution in [0.25, 0.3) is 11.3 Å². The first-order valence-corrected chi connectivity index (χ1v) is 15.6. The molecule has 0 unspecified atom stereocenters. The van der Waals surface area contributed by atoms with Gasteiger partial charge in [-0.1, -0.05) is 19.1 Å². The number of carboxylic acids is 1. The Morgan fingerprint density at radius 3 is 2.88 bits per heavy atom. The lowest BCUT2D eigenvalue weighted by molar-refractivity contribution is -0.152. The highest BCUT2D eigenvalue weighted by Crippen LogP contribution is 2.41. The van der Waals surface area contributed by atoms with Gasteiger partial charge in [-0.2, -0.15) is 0 Å². The molecule has 2 aromatic heterocycles. The number of pyridine rings is 1. The number of aryl methyl sites for hydroxylation is 1. The van der Waals surface area contributed by atoms with Gasteiger partial charge in [-0.25, -0.2) is 4.98 Å². The topological polar surface area (TPSA) is 88.0 Å². The number of ether oxygens (including phenoxy) is 2. The zero-order valence-electron chi connectivity index (χ0n) is 24.3. The Hall–Kier alpha value is -3.01. The third kappa shape index (κ3) is 5.72. The van der Waals surface area contributed by atoms with Crippen LogP contribution in [0, 0.1) is 18.3 Å². The second-order valence-electron chi connectivity index (χ2n) is 12.1. The number of hydrogen-bond donors (Lipinski definition) is 1. The molecule has 1 N–H and O–H groups in total. The molecule has 0 saturated carbocycles. The van der Waals surface area contributed by atoms with Crippen molar-refractivity contribution in [3.63, 3.8) is 0 Å². The van der Waals surface area contributed by atoms with Crippen molar-refractivity contribution in [1.82, 2.24) is 14.9 Å². The Morgan fingerprint density at radius 1 is 1.27 bits per heavy atom. The molecule has 2 saturated heterocycles. The van der Waals surface area contributed by atoms with Crippen molar-refractivity contribution in [1.29, 1.82) is 0 Å². The maximum absolute atomic E-state index is 11.8. The summed E-state index contributed by atoms with van der Waals surface area (Å²) in [6.07, 6.45) is 5.82. The third-order valence-corrected chi connectivity index (χ3v) is 10.4. The zero-order valence-corrected chi connectivity index (χ0v) is 25.1. The van der Waals surface area contributed by atoms with E-state index in [1.807, 2.05) is 26.1 Å². The van der Waals surface area contributed by atoms with Crippen LogP contribution >= 0.6 is 11.3 Å². The van der Waals surface area contributed by atoms with Gasteiger partial charge in [-0.15, -0.1) is 11.3 Å². The number of fused-ring (bicyclic) bond motifs is 1. The molecule has 1 aromatic carbocycles. The molecule has 2 fully saturated rings. The summed E-state index contributed by atoms with van der Waals surface area (Å²) in [5, 5.41) is 12.7. The van der Waals surface area contributed by atoms with Crippen LogP contribution in [0.4, 0.5) is 5.13 Å². The predicted octanol–water partition coefficient (Wildman–Crippen LogP) is 5.57. The molecule has 5 heterocycles. The number of para-hydroxylation sites is 1. The van der Waals surface area contributed by atoms with Gasteiger partial charge in [0.25, 0.3) is 0 Å². The molecular weight excluding hydrogens is 536 g/mol. The van der Waals surface area contributed by atoms with Crippen molar-refractivity contribution in [2.75, 3.05) is 37.7 Å². The molecule has 0 bridgehead atoms. The molecule has 8 nitrogen and oxygen atoms in total. The molecule has 6 rings (SSSR count). The van der Waals surface area contributed by atoms with Gasteiger partial charge < -0.3 is 19.5 Å². The van der Waals surface area contributed by atoms with E-state index in [0.717, 1.165) is 78.8 Å². The number of nitrogens with zero attached hydrogens (tertiary/aromatic N) is 4. The first kappa shape index (κ1) is 28.1. The van der Waals surface area contributed by atoms with Crippen molar-refractivity contribution >= 4 is 22.4 Å². The van der Waals surface area contributed by atoms with Gasteiger partial charge >= 0.3 is 5.97 Å². The minimum Gasteiger partial charge on any atom is -0.488 e. The Kier molecular flexibility index (Phi) is 8.03. The summed E-state index contributed by atoms with van der Waals surface area (Å²) in [5.41, 5.74) is 5.85. The standard InChI is InChI=1S/C32H40N4O4S/c1-21-5-4-6-26(28-20-41-31(34-28)36-12-10-32(3,30(37)38)22(2)17-36)29(21)40-19-23-15-24-7-11-35(18-27(24)33-16-23)25-8-13-39-14-9-25/h4-6,15-16,20,22,25H,7-14,17-19H2,1-3H3,(H,37,38)/t22-,32-/m0/s1. The van der Waals surface area contributed by atoms with Crippen molar-refractivity contribution < 1.29 is 19.4 Å². The molecule has 0 radical (unpaired) electrons. The Bertz CT molecular complexity index is 1400. The quantitative estimate of drug-likeness (QED) is 0.391. The molecule has 0 aliphatic carbocycles. The Balaban J connectivity index is 1.14. The average Bonchev–Trinajstić information content (AvgIpc) is 3.48. The lowest BCUT2D eigenvalue weighted by atomic mass is 9.73. The van der Waals surface area contributed by atoms with E-state index in [9.17, 15) is 9.90 Å². The first-order chi connectivity index (χ1) is 19.8. The largest absolute Gasteiger partial charge is 0.488 e. The number of aliphatic carboxylic acids is 1. The monoisotopic (exact) mass is 576 g/mol. The van der Waals surface area contributed by atoms with Crippen LogP contribution < -0.4 is 9.64 Å². The third-order valence-electron chi connectivity index (χ3n) is 9.45. The van der Waals surface area contributed by atoms with Crippen molar-refractivity contribution in [2.45, 2.75) is 65.6 Å². The first-order valence-electron chi connectivity index (χ1n) is 14.8. The molecule has 0 spiro atoms. The van der Waals surface area contributed by atoms with E-state index in [4.69, 9.17) is 19.4 Å². The van der Waals surface area contributed by atoms with E-state index in [0.29, 0.717) is 32.2 Å². The highest BCUT2D eigenvalue weighted by molar-refractivity contribution is 7.14. The summed E-state index contributed by atoms with van der Waals surface area (Å²) < 4.78 is 12.0. The van der Waals surface area contributed by atoms with E-state index in [2.05, 4.69) is 40.3 Å². The fourth-order valence-corrected chi connectivity index (χ4v) is 7.25. The van der Waals surface area contributed by atoms with Gasteiger partial charge in [-0.05, 0) is 68.7 Å². The van der Waals surface area contributed by atoms with Gasteiger partial charge in [0.2, 0.25) is 0 Å². The van der Waals surface area contributed by atoms with Crippen LogP contribution in [0.3, 0.4) is 0 Å². The number of rotatable bonds is 7. The zero-order chi connectivity index (χ0) is 28.6. The van der Waals surface area contributed by atoms with E-state index in [-0.39, 0.29) is 5.92 Å². The number of hydrogen-bond acceptors (Lipinski definition) is 8. The fourth-order valence-electron chi connectivity index (χ4n) is 6.39. The molecule has 3 aromatic rings. The highest BCUT2D eigenvalue weighted by atomic mass is 32.1. The summed E-state index contributed by atoms with van der Waals surface area (Å²) in [5.74, 6) is 0.171. The predicted molar refractivity (Wildman–Crippen MR) is 161 cm³/mol. The summed E-state index contributed by atoms with van der Waals surface area (Å²) in [4.78, 5) is 26.5. The second kappa shape index (κ2) is 11.7. The van der Waals surface area contributed by atoms with Gasteiger partial charge in [0, 0.05) is 68.1 Å². The van der Waals surface area contributed by atoms with Crippen molar-refractivity contribution in [2.24, 2.45) is 11.3 Å². The minimum atomic E-state index is -0.711. The van der Waals surface area contributed by atoms with Gasteiger partial charge in [0.05, 0.1) is 16.8 Å². The van der Waals surface area contributed by atoms with Gasteiger partial charge in [0.15, 0.2) is 5.13 Å². The SMILES string of the molecule is Cc1cccc(-c2csc(N3CC[C@](C)(C(=O)O)[C@@H](C)C3)n2)c1OCc1cnc2c(c1)CCN(C1CCOCC1)C2. The van der Waals surface area contributed by atoms with Crippen LogP contribution in [0.5, 0.6) is 5.75 Å². The smallest absolute Gasteiger partial charge is 0.309 e. The molecule has 218 valence electrons. The lowest BCUT2D eigenvalue weighted by Crippen LogP contribution is -2.48. The van der Waals surface area contributed by atoms with Crippen LogP contribution in [0.2, 0.25) is 0 Å². The van der Waals surface area contributed by atoms with Gasteiger partial charge in [-0.3, -0.25) is 14.7 Å². The van der Waals surface area contributed by atoms with Gasteiger partial charge in [0.1, 0.15) is 12.4 Å². The number of benzene rings is 1. The Labute approximate surface area is 246 Å². The summed E-state index contributed by atoms with van der Waals surface area (Å²) in [7, 11) is 0. The van der Waals surface area contributed by atoms with E-state index in [1.54, 1.807) is 11.3 Å². The number of anilines is 1. The molecule has 41 heavy (non-hydrogen) atoms. The number of thiazole rings is 1. The Morgan fingerprint density at radius 2 is 2.10 bits per heavy atom. The van der Waals surface area contributed by atoms with Crippen LogP contribution in [0.1, 0.15) is 55.5 Å². The molecule has 3 aliphatic rings. The summed E-state index contributed by atoms with van der Waals surface area (Å²) in [6, 6.07) is 9.06. The molecule has 3 aliphatic heterocycles. The van der Waals surface area contributed by atoms with E-state index >= 15 is 0 Å². The number of carbonyl (C=O) groups is 1. The van der Waals surface area contributed by atoms with Crippen LogP contribution in [-0.4, -0.2) is 64.8 Å². The summed E-state index contributed by atoms with van der Waals surface area (Å²) >= 11 is 1.61. The summed E-state index contributed by atoms with van der Waals surface area (Å²) in [6.45, 7) is 11.5. The molecular formula is C32H40N4O4S. The maximum atomic E-state index is 11.8. The fraction of sp³-hybridized carbons (Fsp3) is 0.531. The second-order valence-corrected chi connectivity index (χ2v) is 12.9. The molecule has 0 amide bonds. The number of aromatic nitrogens is 2. The average molecular weight is 577 g/mol. The number of carboxylic acid groups (broad SMARTS) is 1. The highest BCUT2D eigenvalue weighted by Gasteiger charge is 2.43. The maximum Gasteiger partial charge on any atom is 0.309 e. The molecule has 9 heteroatoms. The lowest BCUT2D eigenvalue weighted by Gasteiger charge is -2.41. The van der Waals surface area contributed by atoms with E-state index < -0.39 is 11.4 Å². The van der Waals surface area contributed by atoms with Crippen LogP contribution in [0.15, 0.2) is 35.8 Å². The van der Waals surface area contributed by atoms with E-state index in [1.165, 1.54) is 11.3 Å². The van der Waals surface area contributed by atoms with Crippen LogP contribution in [-0.2, 0) is 29.1 Å². The van der Waals surface area contributed by atoms with Crippen molar-refractivity contribution in [3.8, 4) is 17.0 Å².